The quantitative estimate of drug-likeness (QED) is 0.575. The Labute approximate surface area is 124 Å². The van der Waals surface area contributed by atoms with E-state index in [-0.39, 0.29) is 17.8 Å². The van der Waals surface area contributed by atoms with Crippen molar-refractivity contribution in [3.8, 4) is 0 Å². The summed E-state index contributed by atoms with van der Waals surface area (Å²) in [6, 6.07) is 3.57. The van der Waals surface area contributed by atoms with Crippen molar-refractivity contribution >= 4 is 21.6 Å². The third kappa shape index (κ3) is 5.31. The fourth-order valence-corrected chi connectivity index (χ4v) is 2.77. The van der Waals surface area contributed by atoms with Crippen LogP contribution in [0.25, 0.3) is 0 Å². The van der Waals surface area contributed by atoms with Gasteiger partial charge in [0, 0.05) is 25.3 Å². The first-order chi connectivity index (χ1) is 9.75. The molecule has 1 rings (SSSR count). The first kappa shape index (κ1) is 17.4. The number of amides is 1. The number of hydrogen-bond acceptors (Lipinski definition) is 4. The molecule has 0 radical (unpaired) electrons. The Morgan fingerprint density at radius 3 is 2.67 bits per heavy atom. The molecule has 0 saturated carbocycles. The van der Waals surface area contributed by atoms with Crippen LogP contribution in [0.1, 0.15) is 23.7 Å². The van der Waals surface area contributed by atoms with E-state index in [4.69, 9.17) is 5.73 Å². The lowest BCUT2D eigenvalue weighted by Gasteiger charge is -2.17. The summed E-state index contributed by atoms with van der Waals surface area (Å²) in [5.74, 6) is -1.02. The molecule has 0 saturated heterocycles. The highest BCUT2D eigenvalue weighted by Crippen LogP contribution is 2.13. The van der Waals surface area contributed by atoms with E-state index in [2.05, 4.69) is 5.32 Å². The summed E-state index contributed by atoms with van der Waals surface area (Å²) < 4.78 is 37.1. The molecule has 0 aliphatic rings. The number of nitrogens with two attached hydrogens (primary N) is 1. The molecule has 0 fully saturated rings. The van der Waals surface area contributed by atoms with Gasteiger partial charge in [-0.1, -0.05) is 6.92 Å². The molecule has 1 aromatic rings. The zero-order chi connectivity index (χ0) is 16.0. The monoisotopic (exact) mass is 317 g/mol. The highest BCUT2D eigenvalue weighted by atomic mass is 32.2. The number of rotatable bonds is 7. The maximum Gasteiger partial charge on any atom is 0.253 e. The molecule has 6 nitrogen and oxygen atoms in total. The van der Waals surface area contributed by atoms with Crippen LogP contribution >= 0.6 is 0 Å². The minimum Gasteiger partial charge on any atom is -0.398 e. The van der Waals surface area contributed by atoms with Gasteiger partial charge in [0.1, 0.15) is 5.82 Å². The molecule has 1 aromatic carbocycles. The zero-order valence-electron chi connectivity index (χ0n) is 12.1. The molecule has 3 N–H and O–H groups in total. The topological polar surface area (TPSA) is 92.5 Å². The van der Waals surface area contributed by atoms with E-state index in [9.17, 15) is 17.6 Å². The molecule has 1 amide bonds. The van der Waals surface area contributed by atoms with Crippen molar-refractivity contribution in [3.05, 3.63) is 29.6 Å². The summed E-state index contributed by atoms with van der Waals surface area (Å²) in [7, 11) is -3.23. The van der Waals surface area contributed by atoms with Gasteiger partial charge in [0.2, 0.25) is 10.0 Å². The van der Waals surface area contributed by atoms with Crippen LogP contribution in [0.5, 0.6) is 0 Å². The second-order valence-corrected chi connectivity index (χ2v) is 6.58. The van der Waals surface area contributed by atoms with E-state index >= 15 is 0 Å². The van der Waals surface area contributed by atoms with Gasteiger partial charge in [0.25, 0.3) is 5.91 Å². The summed E-state index contributed by atoms with van der Waals surface area (Å²) in [6.45, 7) is 2.71. The Morgan fingerprint density at radius 2 is 2.10 bits per heavy atom. The normalized spacial score (nSPS) is 11.6. The van der Waals surface area contributed by atoms with E-state index in [1.54, 1.807) is 6.92 Å². The number of nitrogens with one attached hydrogen (secondary N) is 1. The van der Waals surface area contributed by atoms with Crippen molar-refractivity contribution in [2.24, 2.45) is 0 Å². The third-order valence-corrected chi connectivity index (χ3v) is 4.33. The van der Waals surface area contributed by atoms with Crippen molar-refractivity contribution in [1.82, 2.24) is 9.62 Å². The molecule has 0 aliphatic carbocycles. The smallest absolute Gasteiger partial charge is 0.253 e. The van der Waals surface area contributed by atoms with Crippen molar-refractivity contribution in [2.75, 3.05) is 31.6 Å². The molecule has 0 bridgehead atoms. The van der Waals surface area contributed by atoms with Crippen molar-refractivity contribution in [3.63, 3.8) is 0 Å². The number of nitrogen functional groups attached to an aromatic ring is 1. The fraction of sp³-hybridized carbons (Fsp3) is 0.462. The molecule has 0 aliphatic heterocycles. The van der Waals surface area contributed by atoms with Gasteiger partial charge in [0.05, 0.1) is 11.8 Å². The van der Waals surface area contributed by atoms with Crippen LogP contribution < -0.4 is 11.1 Å². The number of benzene rings is 1. The summed E-state index contributed by atoms with van der Waals surface area (Å²) in [5, 5.41) is 2.59. The van der Waals surface area contributed by atoms with Crippen LogP contribution in [0.15, 0.2) is 18.2 Å². The number of carbonyl (C=O) groups is 1. The number of sulfonamides is 1. The number of anilines is 1. The maximum absolute atomic E-state index is 13.1. The molecule has 0 unspecified atom stereocenters. The molecule has 0 atom stereocenters. The first-order valence-electron chi connectivity index (χ1n) is 6.54. The van der Waals surface area contributed by atoms with Gasteiger partial charge in [-0.15, -0.1) is 0 Å². The largest absolute Gasteiger partial charge is 0.398 e. The second kappa shape index (κ2) is 7.37. The average molecular weight is 317 g/mol. The lowest BCUT2D eigenvalue weighted by molar-refractivity contribution is 0.0953. The Bertz CT molecular complexity index is 605. The van der Waals surface area contributed by atoms with Gasteiger partial charge >= 0.3 is 0 Å². The van der Waals surface area contributed by atoms with E-state index in [1.807, 2.05) is 0 Å². The van der Waals surface area contributed by atoms with Gasteiger partial charge in [-0.3, -0.25) is 4.79 Å². The van der Waals surface area contributed by atoms with Crippen LogP contribution in [-0.2, 0) is 10.0 Å². The van der Waals surface area contributed by atoms with Crippen LogP contribution in [-0.4, -0.2) is 44.5 Å². The van der Waals surface area contributed by atoms with Gasteiger partial charge in [-0.2, -0.15) is 0 Å². The second-order valence-electron chi connectivity index (χ2n) is 4.60. The zero-order valence-corrected chi connectivity index (χ0v) is 12.9. The maximum atomic E-state index is 13.1. The van der Waals surface area contributed by atoms with Crippen molar-refractivity contribution in [1.29, 1.82) is 0 Å². The Hall–Kier alpha value is -1.67. The van der Waals surface area contributed by atoms with E-state index in [0.29, 0.717) is 19.5 Å². The van der Waals surface area contributed by atoms with Gasteiger partial charge in [-0.05, 0) is 24.6 Å². The molecule has 0 spiro atoms. The summed E-state index contributed by atoms with van der Waals surface area (Å²) in [6.07, 6.45) is 1.60. The van der Waals surface area contributed by atoms with Gasteiger partial charge in [0.15, 0.2) is 0 Å². The Balaban J connectivity index is 2.49. The lowest BCUT2D eigenvalue weighted by Crippen LogP contribution is -2.33. The van der Waals surface area contributed by atoms with Crippen LogP contribution in [0.4, 0.5) is 10.1 Å². The van der Waals surface area contributed by atoms with Crippen LogP contribution in [0.2, 0.25) is 0 Å². The summed E-state index contributed by atoms with van der Waals surface area (Å²) in [4.78, 5) is 11.8. The van der Waals surface area contributed by atoms with Crippen molar-refractivity contribution < 1.29 is 17.6 Å². The average Bonchev–Trinajstić information content (AvgIpc) is 2.39. The predicted octanol–water partition coefficient (Wildman–Crippen LogP) is 0.809. The molecule has 21 heavy (non-hydrogen) atoms. The van der Waals surface area contributed by atoms with Crippen molar-refractivity contribution in [2.45, 2.75) is 13.3 Å². The standard InChI is InChI=1S/C13H20FN3O3S/c1-3-17(21(2,19)20)8-4-7-16-13(18)11-9-10(14)5-6-12(11)15/h5-6,9H,3-4,7-8,15H2,1-2H3,(H,16,18). The SMILES string of the molecule is CCN(CCCNC(=O)c1cc(F)ccc1N)S(C)(=O)=O. The fourth-order valence-electron chi connectivity index (χ4n) is 1.84. The lowest BCUT2D eigenvalue weighted by atomic mass is 10.1. The molecule has 0 aromatic heterocycles. The van der Waals surface area contributed by atoms with Gasteiger partial charge < -0.3 is 11.1 Å². The number of hydrogen-bond donors (Lipinski definition) is 2. The minimum absolute atomic E-state index is 0.0745. The van der Waals surface area contributed by atoms with E-state index < -0.39 is 21.7 Å². The predicted molar refractivity (Wildman–Crippen MR) is 79.9 cm³/mol. The third-order valence-electron chi connectivity index (χ3n) is 2.95. The molecular formula is C13H20FN3O3S. The van der Waals surface area contributed by atoms with Crippen LogP contribution in [0, 0.1) is 5.82 Å². The first-order valence-corrected chi connectivity index (χ1v) is 8.39. The van der Waals surface area contributed by atoms with E-state index in [0.717, 1.165) is 12.3 Å². The molecular weight excluding hydrogens is 297 g/mol. The molecule has 8 heteroatoms. The Kier molecular flexibility index (Phi) is 6.10. The highest BCUT2D eigenvalue weighted by Gasteiger charge is 2.14. The van der Waals surface area contributed by atoms with Gasteiger partial charge in [-0.25, -0.2) is 17.1 Å². The van der Waals surface area contributed by atoms with E-state index in [1.165, 1.54) is 16.4 Å². The Morgan fingerprint density at radius 1 is 1.43 bits per heavy atom. The summed E-state index contributed by atoms with van der Waals surface area (Å²) >= 11 is 0. The minimum atomic E-state index is -3.23. The number of carbonyl (C=O) groups excluding carboxylic acids is 1. The number of halogens is 1. The van der Waals surface area contributed by atoms with Crippen LogP contribution in [0.3, 0.4) is 0 Å². The highest BCUT2D eigenvalue weighted by molar-refractivity contribution is 7.88. The molecule has 0 heterocycles. The number of nitrogens with zero attached hydrogens (tertiary/aromatic N) is 1. The summed E-state index contributed by atoms with van der Waals surface area (Å²) in [5.41, 5.74) is 5.88. The molecule has 118 valence electrons.